The Kier molecular flexibility index (Phi) is 14.1. The van der Waals surface area contributed by atoms with Crippen molar-refractivity contribution in [2.45, 2.75) is 118 Å². The molecule has 2 atom stereocenters. The molecule has 0 aliphatic rings. The van der Waals surface area contributed by atoms with Crippen molar-refractivity contribution in [1.29, 1.82) is 0 Å². The van der Waals surface area contributed by atoms with E-state index < -0.39 is 23.8 Å². The fraction of sp³-hybridized carbons (Fsp3) is 0.571. The number of nitrogens with one attached hydrogen (secondary N) is 2. The molecule has 0 radical (unpaired) electrons. The summed E-state index contributed by atoms with van der Waals surface area (Å²) in [6, 6.07) is 14.1. The highest BCUT2D eigenvalue weighted by Gasteiger charge is 2.37. The summed E-state index contributed by atoms with van der Waals surface area (Å²) in [5.74, 6) is -0.754. The number of alkyl carbamates (subject to hydrolysis) is 1. The van der Waals surface area contributed by atoms with Crippen LogP contribution in [0.25, 0.3) is 0 Å². The van der Waals surface area contributed by atoms with Crippen molar-refractivity contribution in [3.05, 3.63) is 70.8 Å². The van der Waals surface area contributed by atoms with Crippen LogP contribution in [0.15, 0.2) is 48.5 Å². The molecule has 2 N–H and O–H groups in total. The van der Waals surface area contributed by atoms with Gasteiger partial charge in [0.25, 0.3) is 0 Å². The van der Waals surface area contributed by atoms with E-state index in [1.54, 1.807) is 25.7 Å². The monoisotopic (exact) mass is 579 g/mol. The van der Waals surface area contributed by atoms with E-state index in [4.69, 9.17) is 4.74 Å². The van der Waals surface area contributed by atoms with Crippen molar-refractivity contribution in [2.24, 2.45) is 5.92 Å². The Labute approximate surface area is 253 Å². The molecule has 3 amide bonds. The summed E-state index contributed by atoms with van der Waals surface area (Å²) in [4.78, 5) is 42.9. The molecule has 0 bridgehead atoms. The highest BCUT2D eigenvalue weighted by atomic mass is 16.6. The standard InChI is InChI=1S/C35H53N3O4/c1-9-10-11-12-13-17-20-38(33(40)30(25(2)3)37-34(41)42-35(6,7)8)31(29-22-26(4)21-27(5)23-29)32(39)36-24-28-18-15-14-16-19-28/h14-16,18-19,21-23,25,30-31H,9-13,17,20,24H2,1-8H3,(H,36,39)(H,37,41). The first-order chi connectivity index (χ1) is 19.8. The van der Waals surface area contributed by atoms with Gasteiger partial charge >= 0.3 is 6.09 Å². The molecule has 2 rings (SSSR count). The number of hydrogen-bond acceptors (Lipinski definition) is 4. The van der Waals surface area contributed by atoms with E-state index in [1.807, 2.05) is 70.2 Å². The van der Waals surface area contributed by atoms with Crippen LogP contribution in [0.5, 0.6) is 0 Å². The highest BCUT2D eigenvalue weighted by Crippen LogP contribution is 2.27. The molecule has 2 aromatic rings. The summed E-state index contributed by atoms with van der Waals surface area (Å²) >= 11 is 0. The molecule has 0 saturated carbocycles. The predicted octanol–water partition coefficient (Wildman–Crippen LogP) is 7.40. The molecule has 2 aromatic carbocycles. The minimum absolute atomic E-state index is 0.218. The summed E-state index contributed by atoms with van der Waals surface area (Å²) in [7, 11) is 0. The van der Waals surface area contributed by atoms with E-state index in [-0.39, 0.29) is 17.7 Å². The molecule has 0 heterocycles. The second-order valence-electron chi connectivity index (χ2n) is 12.7. The van der Waals surface area contributed by atoms with Crippen molar-refractivity contribution < 1.29 is 19.1 Å². The molecule has 0 spiro atoms. The minimum atomic E-state index is -0.852. The number of ether oxygens (including phenoxy) is 1. The maximum atomic E-state index is 14.4. The lowest BCUT2D eigenvalue weighted by Crippen LogP contribution is -2.55. The summed E-state index contributed by atoms with van der Waals surface area (Å²) < 4.78 is 5.50. The van der Waals surface area contributed by atoms with Gasteiger partial charge in [0.15, 0.2) is 0 Å². The summed E-state index contributed by atoms with van der Waals surface area (Å²) in [5.41, 5.74) is 3.07. The number of carbonyl (C=O) groups is 3. The maximum Gasteiger partial charge on any atom is 0.408 e. The van der Waals surface area contributed by atoms with Gasteiger partial charge in [-0.05, 0) is 58.1 Å². The maximum absolute atomic E-state index is 14.4. The molecule has 0 fully saturated rings. The van der Waals surface area contributed by atoms with Gasteiger partial charge in [0, 0.05) is 13.1 Å². The minimum Gasteiger partial charge on any atom is -0.444 e. The molecule has 7 nitrogen and oxygen atoms in total. The SMILES string of the molecule is CCCCCCCCN(C(=O)C(NC(=O)OC(C)(C)C)C(C)C)C(C(=O)NCc1ccccc1)c1cc(C)cc(C)c1. The number of amides is 3. The third kappa shape index (κ3) is 11.9. The van der Waals surface area contributed by atoms with Crippen LogP contribution in [0.2, 0.25) is 0 Å². The van der Waals surface area contributed by atoms with E-state index >= 15 is 0 Å². The third-order valence-corrected chi connectivity index (χ3v) is 7.07. The number of aryl methyl sites for hydroxylation is 2. The number of rotatable bonds is 15. The average molecular weight is 580 g/mol. The molecule has 2 unspecified atom stereocenters. The van der Waals surface area contributed by atoms with Crippen LogP contribution in [0.4, 0.5) is 4.79 Å². The molecule has 0 aromatic heterocycles. The molecule has 0 aliphatic heterocycles. The number of carbonyl (C=O) groups excluding carboxylic acids is 3. The summed E-state index contributed by atoms with van der Waals surface area (Å²) in [6.07, 6.45) is 5.65. The Bertz CT molecular complexity index is 1120. The number of benzene rings is 2. The summed E-state index contributed by atoms with van der Waals surface area (Å²) in [5, 5.41) is 5.90. The van der Waals surface area contributed by atoms with Crippen molar-refractivity contribution >= 4 is 17.9 Å². The third-order valence-electron chi connectivity index (χ3n) is 7.07. The van der Waals surface area contributed by atoms with Crippen LogP contribution in [0.3, 0.4) is 0 Å². The zero-order valence-electron chi connectivity index (χ0n) is 27.1. The van der Waals surface area contributed by atoms with E-state index in [0.717, 1.165) is 54.4 Å². The van der Waals surface area contributed by atoms with Crippen LogP contribution in [-0.2, 0) is 20.9 Å². The van der Waals surface area contributed by atoms with Gasteiger partial charge in [0.05, 0.1) is 0 Å². The zero-order chi connectivity index (χ0) is 31.3. The predicted molar refractivity (Wildman–Crippen MR) is 170 cm³/mol. The number of nitrogens with zero attached hydrogens (tertiary/aromatic N) is 1. The van der Waals surface area contributed by atoms with E-state index in [1.165, 1.54) is 6.42 Å². The smallest absolute Gasteiger partial charge is 0.408 e. The van der Waals surface area contributed by atoms with Crippen LogP contribution < -0.4 is 10.6 Å². The second-order valence-corrected chi connectivity index (χ2v) is 12.7. The van der Waals surface area contributed by atoms with Gasteiger partial charge in [0.1, 0.15) is 17.7 Å². The van der Waals surface area contributed by atoms with Gasteiger partial charge in [0.2, 0.25) is 11.8 Å². The van der Waals surface area contributed by atoms with Gasteiger partial charge in [-0.2, -0.15) is 0 Å². The Morgan fingerprint density at radius 2 is 1.48 bits per heavy atom. The van der Waals surface area contributed by atoms with Gasteiger partial charge in [-0.1, -0.05) is 113 Å². The highest BCUT2D eigenvalue weighted by molar-refractivity contribution is 5.92. The molecule has 42 heavy (non-hydrogen) atoms. The first-order valence-electron chi connectivity index (χ1n) is 15.5. The summed E-state index contributed by atoms with van der Waals surface area (Å²) in [6.45, 7) is 16.1. The topological polar surface area (TPSA) is 87.7 Å². The number of unbranched alkanes of at least 4 members (excludes halogenated alkanes) is 5. The molecule has 7 heteroatoms. The van der Waals surface area contributed by atoms with Gasteiger partial charge in [-0.15, -0.1) is 0 Å². The lowest BCUT2D eigenvalue weighted by molar-refractivity contribution is -0.143. The Morgan fingerprint density at radius 1 is 0.881 bits per heavy atom. The zero-order valence-corrected chi connectivity index (χ0v) is 27.1. The van der Waals surface area contributed by atoms with Crippen LogP contribution in [0, 0.1) is 19.8 Å². The van der Waals surface area contributed by atoms with Crippen molar-refractivity contribution in [2.75, 3.05) is 6.54 Å². The number of hydrogen-bond donors (Lipinski definition) is 2. The Morgan fingerprint density at radius 3 is 2.05 bits per heavy atom. The molecule has 232 valence electrons. The lowest BCUT2D eigenvalue weighted by Gasteiger charge is -2.36. The van der Waals surface area contributed by atoms with Gasteiger partial charge in [-0.3, -0.25) is 9.59 Å². The first-order valence-corrected chi connectivity index (χ1v) is 15.5. The van der Waals surface area contributed by atoms with E-state index in [9.17, 15) is 14.4 Å². The quantitative estimate of drug-likeness (QED) is 0.215. The second kappa shape index (κ2) is 16.9. The normalized spacial score (nSPS) is 12.9. The molecule has 0 saturated heterocycles. The van der Waals surface area contributed by atoms with Gasteiger partial charge < -0.3 is 20.3 Å². The van der Waals surface area contributed by atoms with Crippen LogP contribution in [0.1, 0.15) is 108 Å². The van der Waals surface area contributed by atoms with Crippen LogP contribution >= 0.6 is 0 Å². The molecule has 0 aliphatic carbocycles. The fourth-order valence-electron chi connectivity index (χ4n) is 5.08. The first kappa shape index (κ1) is 34.8. The molecular formula is C35H53N3O4. The molecular weight excluding hydrogens is 526 g/mol. The van der Waals surface area contributed by atoms with E-state index in [2.05, 4.69) is 23.6 Å². The lowest BCUT2D eigenvalue weighted by atomic mass is 9.96. The van der Waals surface area contributed by atoms with Gasteiger partial charge in [-0.25, -0.2) is 4.79 Å². The Hall–Kier alpha value is -3.35. The average Bonchev–Trinajstić information content (AvgIpc) is 2.90. The largest absolute Gasteiger partial charge is 0.444 e. The van der Waals surface area contributed by atoms with Crippen LogP contribution in [-0.4, -0.2) is 41.0 Å². The Balaban J connectivity index is 2.48. The van der Waals surface area contributed by atoms with Crippen molar-refractivity contribution in [3.8, 4) is 0 Å². The van der Waals surface area contributed by atoms with Crippen molar-refractivity contribution in [3.63, 3.8) is 0 Å². The van der Waals surface area contributed by atoms with E-state index in [0.29, 0.717) is 13.1 Å². The fourth-order valence-corrected chi connectivity index (χ4v) is 5.08. The van der Waals surface area contributed by atoms with Crippen molar-refractivity contribution in [1.82, 2.24) is 15.5 Å².